The van der Waals surface area contributed by atoms with Crippen LogP contribution in [-0.4, -0.2) is 21.5 Å². The molecule has 2 aromatic rings. The summed E-state index contributed by atoms with van der Waals surface area (Å²) in [5.74, 6) is 0.329. The van der Waals surface area contributed by atoms with Crippen LogP contribution < -0.4 is 10.9 Å². The summed E-state index contributed by atoms with van der Waals surface area (Å²) in [6.07, 6.45) is 4.39. The molecule has 0 fully saturated rings. The number of rotatable bonds is 6. The predicted octanol–water partition coefficient (Wildman–Crippen LogP) is 5.39. The van der Waals surface area contributed by atoms with E-state index in [2.05, 4.69) is 31.1 Å². The molecule has 164 valence electrons. The van der Waals surface area contributed by atoms with Crippen molar-refractivity contribution in [3.05, 3.63) is 62.8 Å². The number of halogens is 1. The van der Waals surface area contributed by atoms with E-state index in [1.807, 2.05) is 0 Å². The fourth-order valence-corrected chi connectivity index (χ4v) is 5.36. The van der Waals surface area contributed by atoms with Crippen LogP contribution in [0.3, 0.4) is 0 Å². The molecule has 0 radical (unpaired) electrons. The molecular weight excluding hydrogens is 413 g/mol. The van der Waals surface area contributed by atoms with Crippen molar-refractivity contribution >= 4 is 23.4 Å². The number of Topliss-reactive ketones (excluding diaryl/α,β-unsaturated/α-hetero) is 1. The third kappa shape index (κ3) is 4.47. The summed E-state index contributed by atoms with van der Waals surface area (Å²) in [5.41, 5.74) is 1.87. The van der Waals surface area contributed by atoms with Gasteiger partial charge in [0.05, 0.1) is 5.56 Å². The largest absolute Gasteiger partial charge is 0.343 e. The van der Waals surface area contributed by atoms with Gasteiger partial charge in [-0.2, -0.15) is 0 Å². The van der Waals surface area contributed by atoms with Crippen LogP contribution in [-0.2, 0) is 4.79 Å². The molecule has 4 rings (SSSR count). The average molecular weight is 442 g/mol. The van der Waals surface area contributed by atoms with Crippen molar-refractivity contribution < 1.29 is 9.18 Å². The van der Waals surface area contributed by atoms with Gasteiger partial charge in [0, 0.05) is 29.4 Å². The van der Waals surface area contributed by atoms with Gasteiger partial charge in [0.2, 0.25) is 0 Å². The molecule has 0 amide bonds. The third-order valence-corrected chi connectivity index (χ3v) is 6.83. The van der Waals surface area contributed by atoms with Gasteiger partial charge in [-0.1, -0.05) is 57.5 Å². The molecule has 1 aromatic carbocycles. The van der Waals surface area contributed by atoms with Gasteiger partial charge in [-0.15, -0.1) is 0 Å². The van der Waals surface area contributed by atoms with Gasteiger partial charge in [0.25, 0.3) is 5.56 Å². The van der Waals surface area contributed by atoms with E-state index >= 15 is 0 Å². The molecule has 0 saturated carbocycles. The highest BCUT2D eigenvalue weighted by molar-refractivity contribution is 7.99. The Kier molecular flexibility index (Phi) is 6.06. The number of ketones is 1. The minimum atomic E-state index is -0.624. The van der Waals surface area contributed by atoms with Crippen LogP contribution in [0.15, 0.2) is 45.5 Å². The Balaban J connectivity index is 1.82. The number of benzene rings is 1. The van der Waals surface area contributed by atoms with Crippen LogP contribution in [0.25, 0.3) is 0 Å². The van der Waals surface area contributed by atoms with E-state index in [-0.39, 0.29) is 16.8 Å². The fourth-order valence-electron chi connectivity index (χ4n) is 4.50. The van der Waals surface area contributed by atoms with Crippen LogP contribution in [0.2, 0.25) is 0 Å². The number of nitrogens with one attached hydrogen (secondary N) is 2. The van der Waals surface area contributed by atoms with E-state index in [0.29, 0.717) is 40.5 Å². The number of carbonyl (C=O) groups excluding carboxylic acids is 1. The van der Waals surface area contributed by atoms with Crippen LogP contribution in [0.4, 0.5) is 10.2 Å². The first-order valence-electron chi connectivity index (χ1n) is 10.8. The summed E-state index contributed by atoms with van der Waals surface area (Å²) in [6, 6.07) is 6.16. The number of aromatic amines is 1. The molecule has 2 N–H and O–H groups in total. The van der Waals surface area contributed by atoms with Crippen molar-refractivity contribution in [1.82, 2.24) is 9.97 Å². The summed E-state index contributed by atoms with van der Waals surface area (Å²) in [6.45, 7) is 6.27. The molecular formula is C24H28FN3O2S. The third-order valence-electron chi connectivity index (χ3n) is 5.87. The standard InChI is InChI=1S/C24H28FN3O2S/c1-4-5-6-10-31-23-27-21-20(22(30)28-23)18(14-8-7-9-15(25)11-14)19-16(26-21)12-24(2,3)13-17(19)29/h7-9,11,18H,4-6,10,12-13H2,1-3H3,(H2,26,27,28,30). The summed E-state index contributed by atoms with van der Waals surface area (Å²) < 4.78 is 14.1. The number of hydrogen-bond donors (Lipinski definition) is 2. The topological polar surface area (TPSA) is 74.8 Å². The first-order chi connectivity index (χ1) is 14.8. The second-order valence-electron chi connectivity index (χ2n) is 9.14. The Morgan fingerprint density at radius 1 is 1.23 bits per heavy atom. The molecule has 31 heavy (non-hydrogen) atoms. The number of anilines is 1. The van der Waals surface area contributed by atoms with Crippen LogP contribution >= 0.6 is 11.8 Å². The van der Waals surface area contributed by atoms with Gasteiger partial charge in [0.15, 0.2) is 10.9 Å². The Morgan fingerprint density at radius 3 is 2.77 bits per heavy atom. The number of thioether (sulfide) groups is 1. The molecule has 1 aliphatic heterocycles. The molecule has 1 aliphatic carbocycles. The monoisotopic (exact) mass is 441 g/mol. The van der Waals surface area contributed by atoms with Crippen molar-refractivity contribution in [3.8, 4) is 0 Å². The first kappa shape index (κ1) is 21.8. The number of fused-ring (bicyclic) bond motifs is 1. The zero-order chi connectivity index (χ0) is 22.2. The van der Waals surface area contributed by atoms with Crippen LogP contribution in [0.5, 0.6) is 0 Å². The summed E-state index contributed by atoms with van der Waals surface area (Å²) in [5, 5.41) is 3.87. The van der Waals surface area contributed by atoms with Crippen LogP contribution in [0.1, 0.15) is 69.9 Å². The highest BCUT2D eigenvalue weighted by Gasteiger charge is 2.42. The predicted molar refractivity (Wildman–Crippen MR) is 122 cm³/mol. The Bertz CT molecular complexity index is 1110. The number of aromatic nitrogens is 2. The van der Waals surface area contributed by atoms with E-state index in [4.69, 9.17) is 4.98 Å². The lowest BCUT2D eigenvalue weighted by Gasteiger charge is -2.38. The van der Waals surface area contributed by atoms with E-state index in [1.54, 1.807) is 12.1 Å². The van der Waals surface area contributed by atoms with E-state index in [9.17, 15) is 14.0 Å². The second kappa shape index (κ2) is 8.61. The minimum absolute atomic E-state index is 0.00363. The Labute approximate surface area is 185 Å². The quantitative estimate of drug-likeness (QED) is 0.357. The molecule has 2 aliphatic rings. The minimum Gasteiger partial charge on any atom is -0.343 e. The van der Waals surface area contributed by atoms with Crippen molar-refractivity contribution in [2.75, 3.05) is 11.1 Å². The number of hydrogen-bond acceptors (Lipinski definition) is 5. The number of nitrogens with zero attached hydrogens (tertiary/aromatic N) is 1. The van der Waals surface area contributed by atoms with E-state index in [0.717, 1.165) is 30.7 Å². The summed E-state index contributed by atoms with van der Waals surface area (Å²) >= 11 is 1.53. The molecule has 1 unspecified atom stereocenters. The van der Waals surface area contributed by atoms with E-state index in [1.165, 1.54) is 23.9 Å². The molecule has 0 bridgehead atoms. The van der Waals surface area contributed by atoms with Crippen molar-refractivity contribution in [2.45, 2.75) is 63.9 Å². The van der Waals surface area contributed by atoms with Gasteiger partial charge < -0.3 is 10.3 Å². The van der Waals surface area contributed by atoms with Crippen molar-refractivity contribution in [1.29, 1.82) is 0 Å². The first-order valence-corrected chi connectivity index (χ1v) is 11.8. The SMILES string of the molecule is CCCCCSc1nc2c(c(=O)[nH]1)C(c1cccc(F)c1)C1=C(CC(C)(C)CC1=O)N2. The van der Waals surface area contributed by atoms with Crippen molar-refractivity contribution in [3.63, 3.8) is 0 Å². The van der Waals surface area contributed by atoms with Crippen molar-refractivity contribution in [2.24, 2.45) is 5.41 Å². The lowest BCUT2D eigenvalue weighted by molar-refractivity contribution is -0.118. The Morgan fingerprint density at radius 2 is 2.03 bits per heavy atom. The van der Waals surface area contributed by atoms with Gasteiger partial charge in [0.1, 0.15) is 11.6 Å². The maximum Gasteiger partial charge on any atom is 0.257 e. The highest BCUT2D eigenvalue weighted by Crippen LogP contribution is 2.47. The van der Waals surface area contributed by atoms with E-state index < -0.39 is 11.7 Å². The fraction of sp³-hybridized carbons (Fsp3) is 0.458. The maximum absolute atomic E-state index is 14.1. The van der Waals surface area contributed by atoms with Gasteiger partial charge in [-0.25, -0.2) is 9.37 Å². The number of carbonyl (C=O) groups is 1. The lowest BCUT2D eigenvalue weighted by Crippen LogP contribution is -2.37. The molecule has 1 aromatic heterocycles. The molecule has 5 nitrogen and oxygen atoms in total. The van der Waals surface area contributed by atoms with Crippen LogP contribution in [0, 0.1) is 11.2 Å². The lowest BCUT2D eigenvalue weighted by atomic mass is 9.69. The van der Waals surface area contributed by atoms with Gasteiger partial charge in [-0.3, -0.25) is 9.59 Å². The highest BCUT2D eigenvalue weighted by atomic mass is 32.2. The number of unbranched alkanes of at least 4 members (excludes halogenated alkanes) is 2. The molecule has 7 heteroatoms. The maximum atomic E-state index is 14.1. The normalized spacial score (nSPS) is 19.6. The smallest absolute Gasteiger partial charge is 0.257 e. The summed E-state index contributed by atoms with van der Waals surface area (Å²) in [7, 11) is 0. The summed E-state index contributed by atoms with van der Waals surface area (Å²) in [4.78, 5) is 33.9. The van der Waals surface area contributed by atoms with Gasteiger partial charge >= 0.3 is 0 Å². The number of H-pyrrole nitrogens is 1. The molecule has 0 spiro atoms. The molecule has 0 saturated heterocycles. The molecule has 1 atom stereocenters. The Hall–Kier alpha value is -2.41. The molecule has 2 heterocycles. The zero-order valence-electron chi connectivity index (χ0n) is 18.2. The zero-order valence-corrected chi connectivity index (χ0v) is 19.0. The second-order valence-corrected chi connectivity index (χ2v) is 10.2. The number of allylic oxidation sites excluding steroid dienone is 2. The van der Waals surface area contributed by atoms with Gasteiger partial charge in [-0.05, 0) is 36.0 Å². The average Bonchev–Trinajstić information content (AvgIpc) is 2.68.